The number of carbonyl (C=O) groups is 1. The molecule has 0 spiro atoms. The minimum atomic E-state index is -1.53. The first-order chi connectivity index (χ1) is 7.47. The van der Waals surface area contributed by atoms with E-state index < -0.39 is 36.7 Å². The van der Waals surface area contributed by atoms with E-state index in [-0.39, 0.29) is 6.61 Å². The van der Waals surface area contributed by atoms with Crippen LogP contribution in [0.1, 0.15) is 6.92 Å². The van der Waals surface area contributed by atoms with Crippen LogP contribution in [0.15, 0.2) is 0 Å². The quantitative estimate of drug-likeness (QED) is 0.487. The summed E-state index contributed by atoms with van der Waals surface area (Å²) in [5.74, 6) is -0.506. The lowest BCUT2D eigenvalue weighted by atomic mass is 9.99. The molecule has 0 amide bonds. The SMILES string of the molecule is COC1C(COC(C)=O)OC(O)C(O)C1O. The van der Waals surface area contributed by atoms with Crippen molar-refractivity contribution in [2.45, 2.75) is 37.6 Å². The third kappa shape index (κ3) is 2.89. The first kappa shape index (κ1) is 13.3. The van der Waals surface area contributed by atoms with Crippen molar-refractivity contribution in [1.29, 1.82) is 0 Å². The van der Waals surface area contributed by atoms with E-state index in [4.69, 9.17) is 14.2 Å². The van der Waals surface area contributed by atoms with Gasteiger partial charge in [-0.3, -0.25) is 4.79 Å². The van der Waals surface area contributed by atoms with Gasteiger partial charge in [-0.2, -0.15) is 0 Å². The molecular weight excluding hydrogens is 220 g/mol. The van der Waals surface area contributed by atoms with Crippen LogP contribution in [0.5, 0.6) is 0 Å². The first-order valence-electron chi connectivity index (χ1n) is 4.83. The lowest BCUT2D eigenvalue weighted by Crippen LogP contribution is -2.59. The van der Waals surface area contributed by atoms with Crippen molar-refractivity contribution in [3.05, 3.63) is 0 Å². The first-order valence-corrected chi connectivity index (χ1v) is 4.83. The van der Waals surface area contributed by atoms with Gasteiger partial charge in [-0.15, -0.1) is 0 Å². The normalized spacial score (nSPS) is 39.4. The molecule has 0 saturated carbocycles. The Balaban J connectivity index is 2.63. The Hall–Kier alpha value is -0.730. The molecule has 1 saturated heterocycles. The number of aliphatic hydroxyl groups excluding tert-OH is 3. The number of carbonyl (C=O) groups excluding carboxylic acids is 1. The van der Waals surface area contributed by atoms with Crippen LogP contribution in [-0.2, 0) is 19.0 Å². The molecule has 1 heterocycles. The maximum atomic E-state index is 10.6. The molecule has 7 heteroatoms. The minimum absolute atomic E-state index is 0.158. The fourth-order valence-electron chi connectivity index (χ4n) is 1.54. The number of aliphatic hydroxyl groups is 3. The summed E-state index contributed by atoms with van der Waals surface area (Å²) in [6.45, 7) is 1.07. The van der Waals surface area contributed by atoms with E-state index in [1.165, 1.54) is 14.0 Å². The molecule has 7 nitrogen and oxygen atoms in total. The van der Waals surface area contributed by atoms with E-state index in [1.54, 1.807) is 0 Å². The van der Waals surface area contributed by atoms with Crippen molar-refractivity contribution in [1.82, 2.24) is 0 Å². The Morgan fingerprint density at radius 1 is 1.31 bits per heavy atom. The summed E-state index contributed by atoms with van der Waals surface area (Å²) in [7, 11) is 1.32. The molecule has 0 aromatic carbocycles. The molecule has 5 unspecified atom stereocenters. The molecule has 1 rings (SSSR count). The fourth-order valence-corrected chi connectivity index (χ4v) is 1.54. The second kappa shape index (κ2) is 5.55. The van der Waals surface area contributed by atoms with Gasteiger partial charge >= 0.3 is 5.97 Å². The highest BCUT2D eigenvalue weighted by Gasteiger charge is 2.44. The standard InChI is InChI=1S/C9H16O7/c1-4(10)15-3-5-8(14-2)6(11)7(12)9(13)16-5/h5-9,11-13H,3H2,1-2H3. The maximum Gasteiger partial charge on any atom is 0.302 e. The largest absolute Gasteiger partial charge is 0.463 e. The van der Waals surface area contributed by atoms with Gasteiger partial charge in [0, 0.05) is 14.0 Å². The van der Waals surface area contributed by atoms with Crippen molar-refractivity contribution >= 4 is 5.97 Å². The summed E-state index contributed by atoms with van der Waals surface area (Å²) in [6, 6.07) is 0. The Morgan fingerprint density at radius 3 is 2.44 bits per heavy atom. The molecule has 5 atom stereocenters. The van der Waals surface area contributed by atoms with Crippen LogP contribution in [0, 0.1) is 0 Å². The molecule has 1 fully saturated rings. The number of hydrogen-bond donors (Lipinski definition) is 3. The highest BCUT2D eigenvalue weighted by molar-refractivity contribution is 5.65. The van der Waals surface area contributed by atoms with Gasteiger partial charge in [-0.25, -0.2) is 0 Å². The van der Waals surface area contributed by atoms with Crippen LogP contribution in [0.4, 0.5) is 0 Å². The second-order valence-corrected chi connectivity index (χ2v) is 3.55. The Bertz CT molecular complexity index is 244. The summed E-state index contributed by atoms with van der Waals surface area (Å²) in [6.07, 6.45) is -5.95. The zero-order valence-corrected chi connectivity index (χ0v) is 9.07. The summed E-state index contributed by atoms with van der Waals surface area (Å²) in [5.41, 5.74) is 0. The van der Waals surface area contributed by atoms with Gasteiger partial charge in [0.1, 0.15) is 31.0 Å². The smallest absolute Gasteiger partial charge is 0.302 e. The average Bonchev–Trinajstić information content (AvgIpc) is 2.23. The van der Waals surface area contributed by atoms with Gasteiger partial charge in [-0.05, 0) is 0 Å². The lowest BCUT2D eigenvalue weighted by molar-refractivity contribution is -0.291. The molecule has 0 aromatic rings. The summed E-state index contributed by atoms with van der Waals surface area (Å²) < 4.78 is 14.6. The molecule has 0 aliphatic carbocycles. The van der Waals surface area contributed by atoms with Gasteiger partial charge in [0.25, 0.3) is 0 Å². The van der Waals surface area contributed by atoms with Crippen molar-refractivity contribution in [3.8, 4) is 0 Å². The molecule has 94 valence electrons. The van der Waals surface area contributed by atoms with E-state index in [1.807, 2.05) is 0 Å². The highest BCUT2D eigenvalue weighted by Crippen LogP contribution is 2.22. The van der Waals surface area contributed by atoms with Gasteiger partial charge < -0.3 is 29.5 Å². The number of rotatable bonds is 3. The summed E-state index contributed by atoms with van der Waals surface area (Å²) in [5, 5.41) is 28.2. The van der Waals surface area contributed by atoms with E-state index in [9.17, 15) is 20.1 Å². The second-order valence-electron chi connectivity index (χ2n) is 3.55. The van der Waals surface area contributed by atoms with Gasteiger partial charge in [0.15, 0.2) is 6.29 Å². The highest BCUT2D eigenvalue weighted by atomic mass is 16.7. The lowest BCUT2D eigenvalue weighted by Gasteiger charge is -2.39. The monoisotopic (exact) mass is 236 g/mol. The van der Waals surface area contributed by atoms with Crippen molar-refractivity contribution in [3.63, 3.8) is 0 Å². The predicted molar refractivity (Wildman–Crippen MR) is 50.3 cm³/mol. The Labute approximate surface area is 92.5 Å². The Kier molecular flexibility index (Phi) is 4.63. The predicted octanol–water partition coefficient (Wildman–Crippen LogP) is -2.00. The van der Waals surface area contributed by atoms with Crippen LogP contribution < -0.4 is 0 Å². The topological polar surface area (TPSA) is 105 Å². The van der Waals surface area contributed by atoms with Crippen LogP contribution in [0.3, 0.4) is 0 Å². The van der Waals surface area contributed by atoms with E-state index in [0.717, 1.165) is 0 Å². The van der Waals surface area contributed by atoms with Gasteiger partial charge in [0.05, 0.1) is 0 Å². The average molecular weight is 236 g/mol. The zero-order valence-electron chi connectivity index (χ0n) is 9.07. The van der Waals surface area contributed by atoms with Gasteiger partial charge in [0.2, 0.25) is 0 Å². The minimum Gasteiger partial charge on any atom is -0.463 e. The molecular formula is C9H16O7. The Morgan fingerprint density at radius 2 is 1.94 bits per heavy atom. The van der Waals surface area contributed by atoms with Crippen molar-refractivity contribution < 1.29 is 34.3 Å². The van der Waals surface area contributed by atoms with Crippen LogP contribution in [0.2, 0.25) is 0 Å². The van der Waals surface area contributed by atoms with Crippen LogP contribution >= 0.6 is 0 Å². The van der Waals surface area contributed by atoms with Crippen molar-refractivity contribution in [2.24, 2.45) is 0 Å². The third-order valence-electron chi connectivity index (χ3n) is 2.38. The summed E-state index contributed by atoms with van der Waals surface area (Å²) in [4.78, 5) is 10.6. The molecule has 0 radical (unpaired) electrons. The van der Waals surface area contributed by atoms with Gasteiger partial charge in [-0.1, -0.05) is 0 Å². The van der Waals surface area contributed by atoms with E-state index in [2.05, 4.69) is 0 Å². The molecule has 1 aliphatic rings. The number of methoxy groups -OCH3 is 1. The molecule has 0 aromatic heterocycles. The van der Waals surface area contributed by atoms with Crippen LogP contribution in [-0.4, -0.2) is 65.7 Å². The zero-order chi connectivity index (χ0) is 12.3. The number of ether oxygens (including phenoxy) is 3. The molecule has 3 N–H and O–H groups in total. The van der Waals surface area contributed by atoms with Crippen LogP contribution in [0.25, 0.3) is 0 Å². The molecule has 16 heavy (non-hydrogen) atoms. The van der Waals surface area contributed by atoms with E-state index >= 15 is 0 Å². The van der Waals surface area contributed by atoms with Crippen molar-refractivity contribution in [2.75, 3.05) is 13.7 Å². The number of esters is 1. The fraction of sp³-hybridized carbons (Fsp3) is 0.889. The maximum absolute atomic E-state index is 10.6. The van der Waals surface area contributed by atoms with E-state index in [0.29, 0.717) is 0 Å². The molecule has 0 bridgehead atoms. The number of hydrogen-bond acceptors (Lipinski definition) is 7. The third-order valence-corrected chi connectivity index (χ3v) is 2.38. The molecule has 1 aliphatic heterocycles. The summed E-state index contributed by atoms with van der Waals surface area (Å²) >= 11 is 0.